The maximum absolute atomic E-state index is 5.31. The molecule has 5 heteroatoms. The van der Waals surface area contributed by atoms with Gasteiger partial charge >= 0.3 is 0 Å². The Morgan fingerprint density at radius 2 is 0.830 bits per heavy atom. The van der Waals surface area contributed by atoms with Crippen molar-refractivity contribution in [3.63, 3.8) is 0 Å². The van der Waals surface area contributed by atoms with E-state index < -0.39 is 0 Å². The first-order chi connectivity index (χ1) is 25.7. The third kappa shape index (κ3) is 6.81. The lowest BCUT2D eigenvalue weighted by Gasteiger charge is -2.22. The van der Waals surface area contributed by atoms with Crippen molar-refractivity contribution in [2.24, 2.45) is 9.98 Å². The van der Waals surface area contributed by atoms with Crippen LogP contribution in [-0.2, 0) is 0 Å². The average Bonchev–Trinajstić information content (AvgIpc) is 3.92. The Hall–Kier alpha value is -5.78. The van der Waals surface area contributed by atoms with Crippen LogP contribution >= 0.6 is 11.3 Å². The minimum absolute atomic E-state index is 0.254. The van der Waals surface area contributed by atoms with Crippen LogP contribution in [0.15, 0.2) is 131 Å². The standard InChI is InChI=1S/C48H44N4S/c1-29-23-31(3)43(32(4)24-29)45-39-19-17-37(51-39)27-49-47(35-13-9-7-10-14-35)48(36-15-11-8-12-16-36)50-28-38-18-20-40(52-38)46(42-22-21-41(45)53-42)44-33(5)25-30(2)26-34(44)6/h7-28,47-48,51-52H,1-6H3/b45-41-,46-42?,49-27?,50-28?/t47-,48-/m1/s1. The number of aliphatic imine (C=N–C) groups is 2. The fraction of sp³-hybridized carbons (Fsp3) is 0.167. The van der Waals surface area contributed by atoms with Crippen molar-refractivity contribution in [1.29, 1.82) is 0 Å². The zero-order chi connectivity index (χ0) is 36.6. The molecule has 1 aliphatic rings. The van der Waals surface area contributed by atoms with E-state index in [0.29, 0.717) is 0 Å². The van der Waals surface area contributed by atoms with Crippen LogP contribution in [0.4, 0.5) is 0 Å². The zero-order valence-corrected chi connectivity index (χ0v) is 32.0. The van der Waals surface area contributed by atoms with Gasteiger partial charge in [-0.15, -0.1) is 11.3 Å². The van der Waals surface area contributed by atoms with Gasteiger partial charge in [-0.25, -0.2) is 0 Å². The Balaban J connectivity index is 1.45. The van der Waals surface area contributed by atoms with E-state index in [1.54, 1.807) is 0 Å². The van der Waals surface area contributed by atoms with Gasteiger partial charge < -0.3 is 9.97 Å². The number of H-pyrrole nitrogens is 2. The molecule has 6 bridgehead atoms. The van der Waals surface area contributed by atoms with Crippen LogP contribution in [0.1, 0.15) is 90.5 Å². The van der Waals surface area contributed by atoms with E-state index in [9.17, 15) is 0 Å². The molecule has 0 saturated carbocycles. The summed E-state index contributed by atoms with van der Waals surface area (Å²) in [5.74, 6) is 0. The summed E-state index contributed by atoms with van der Waals surface area (Å²) in [7, 11) is 0. The molecule has 0 aliphatic carbocycles. The van der Waals surface area contributed by atoms with E-state index >= 15 is 0 Å². The Kier molecular flexibility index (Phi) is 9.28. The maximum Gasteiger partial charge on any atom is 0.101 e. The van der Waals surface area contributed by atoms with Crippen molar-refractivity contribution >= 4 is 34.9 Å². The molecular weight excluding hydrogens is 665 g/mol. The Morgan fingerprint density at radius 1 is 0.453 bits per heavy atom. The fourth-order valence-electron chi connectivity index (χ4n) is 8.12. The molecule has 8 rings (SSSR count). The molecule has 4 nitrogen and oxygen atoms in total. The van der Waals surface area contributed by atoms with Gasteiger partial charge in [-0.1, -0.05) is 96.1 Å². The van der Waals surface area contributed by atoms with Crippen LogP contribution in [0.3, 0.4) is 0 Å². The molecule has 0 amide bonds. The van der Waals surface area contributed by atoms with Crippen molar-refractivity contribution in [2.75, 3.05) is 0 Å². The third-order valence-corrected chi connectivity index (χ3v) is 11.4. The highest BCUT2D eigenvalue weighted by Gasteiger charge is 2.24. The normalized spacial score (nSPS) is 16.9. The molecule has 262 valence electrons. The van der Waals surface area contributed by atoms with E-state index in [-0.39, 0.29) is 12.1 Å². The Labute approximate surface area is 316 Å². The number of hydrogen-bond acceptors (Lipinski definition) is 3. The highest BCUT2D eigenvalue weighted by atomic mass is 32.1. The average molecular weight is 709 g/mol. The van der Waals surface area contributed by atoms with E-state index in [2.05, 4.69) is 173 Å². The molecule has 2 N–H and O–H groups in total. The molecule has 4 aromatic carbocycles. The number of thiophene rings is 1. The third-order valence-electron chi connectivity index (χ3n) is 10.2. The predicted molar refractivity (Wildman–Crippen MR) is 223 cm³/mol. The summed E-state index contributed by atoms with van der Waals surface area (Å²) >= 11 is 1.84. The monoisotopic (exact) mass is 708 g/mol. The van der Waals surface area contributed by atoms with Crippen LogP contribution in [0.5, 0.6) is 0 Å². The molecule has 0 saturated heterocycles. The molecule has 0 unspecified atom stereocenters. The smallest absolute Gasteiger partial charge is 0.101 e. The predicted octanol–water partition coefficient (Wildman–Crippen LogP) is 10.1. The van der Waals surface area contributed by atoms with Crippen molar-refractivity contribution in [3.05, 3.63) is 209 Å². The van der Waals surface area contributed by atoms with Gasteiger partial charge in [-0.3, -0.25) is 9.98 Å². The molecular formula is C48H44N4S. The number of benzene rings is 4. The number of rotatable bonds is 4. The van der Waals surface area contributed by atoms with Crippen molar-refractivity contribution in [1.82, 2.24) is 9.97 Å². The summed E-state index contributed by atoms with van der Waals surface area (Å²) in [6, 6.07) is 43.0. The number of aryl methyl sites for hydroxylation is 6. The summed E-state index contributed by atoms with van der Waals surface area (Å²) in [6.07, 6.45) is 3.97. The van der Waals surface area contributed by atoms with Gasteiger partial charge in [0.2, 0.25) is 0 Å². The number of fused-ring (bicyclic) bond motifs is 6. The summed E-state index contributed by atoms with van der Waals surface area (Å²) in [6.45, 7) is 13.3. The number of nitrogens with zero attached hydrogens (tertiary/aromatic N) is 2. The molecule has 4 heterocycles. The number of hydrogen-bond donors (Lipinski definition) is 2. The van der Waals surface area contributed by atoms with Crippen LogP contribution in [0.25, 0.3) is 11.1 Å². The molecule has 3 aromatic heterocycles. The van der Waals surface area contributed by atoms with Crippen molar-refractivity contribution in [2.45, 2.75) is 53.6 Å². The fourth-order valence-corrected chi connectivity index (χ4v) is 9.26. The van der Waals surface area contributed by atoms with Gasteiger partial charge in [0, 0.05) is 44.0 Å². The lowest BCUT2D eigenvalue weighted by Crippen LogP contribution is -2.10. The zero-order valence-electron chi connectivity index (χ0n) is 31.2. The lowest BCUT2D eigenvalue weighted by molar-refractivity contribution is 0.583. The highest BCUT2D eigenvalue weighted by Crippen LogP contribution is 2.36. The van der Waals surface area contributed by atoms with Crippen LogP contribution in [-0.4, -0.2) is 22.4 Å². The molecule has 53 heavy (non-hydrogen) atoms. The van der Waals surface area contributed by atoms with Gasteiger partial charge in [-0.2, -0.15) is 0 Å². The van der Waals surface area contributed by atoms with Gasteiger partial charge in [0.05, 0.1) is 11.4 Å². The van der Waals surface area contributed by atoms with Gasteiger partial charge in [0.1, 0.15) is 12.1 Å². The second kappa shape index (κ2) is 14.3. The number of aromatic amines is 2. The first-order valence-electron chi connectivity index (χ1n) is 18.3. The van der Waals surface area contributed by atoms with Crippen LogP contribution in [0, 0.1) is 41.5 Å². The lowest BCUT2D eigenvalue weighted by atomic mass is 9.92. The van der Waals surface area contributed by atoms with E-state index in [1.807, 2.05) is 23.8 Å². The minimum atomic E-state index is -0.254. The van der Waals surface area contributed by atoms with Gasteiger partial charge in [0.25, 0.3) is 0 Å². The summed E-state index contributed by atoms with van der Waals surface area (Å²) < 4.78 is 2.42. The number of aromatic nitrogens is 2. The largest absolute Gasteiger partial charge is 0.354 e. The molecule has 0 spiro atoms. The second-order valence-electron chi connectivity index (χ2n) is 14.4. The van der Waals surface area contributed by atoms with Crippen LogP contribution in [0.2, 0.25) is 0 Å². The minimum Gasteiger partial charge on any atom is -0.354 e. The number of nitrogens with one attached hydrogen (secondary N) is 2. The maximum atomic E-state index is 5.31. The van der Waals surface area contributed by atoms with Crippen LogP contribution < -0.4 is 9.06 Å². The first-order valence-corrected chi connectivity index (χ1v) is 19.1. The highest BCUT2D eigenvalue weighted by molar-refractivity contribution is 7.08. The molecule has 0 radical (unpaired) electrons. The second-order valence-corrected chi connectivity index (χ2v) is 15.5. The quantitative estimate of drug-likeness (QED) is 0.183. The molecule has 1 aliphatic heterocycles. The summed E-state index contributed by atoms with van der Waals surface area (Å²) in [4.78, 5) is 18.2. The topological polar surface area (TPSA) is 56.3 Å². The first kappa shape index (κ1) is 34.3. The van der Waals surface area contributed by atoms with E-state index in [1.165, 1.54) is 64.7 Å². The van der Waals surface area contributed by atoms with Crippen molar-refractivity contribution in [3.8, 4) is 0 Å². The SMILES string of the molecule is Cc1cc(C)c(C2=c3cc/c(s3)=C(/c3c(C)cc(C)cc3C)c3ccc([nH]3)C=N[C@H](c3ccccc3)[C@@H](c3ccccc3)N=Cc3ccc2[nH]3)c(C)c1. The molecule has 7 aromatic rings. The summed E-state index contributed by atoms with van der Waals surface area (Å²) in [5, 5.41) is 0. The van der Waals surface area contributed by atoms with Crippen molar-refractivity contribution < 1.29 is 0 Å². The summed E-state index contributed by atoms with van der Waals surface area (Å²) in [5.41, 5.74) is 18.8. The molecule has 2 atom stereocenters. The van der Waals surface area contributed by atoms with E-state index in [4.69, 9.17) is 9.98 Å². The van der Waals surface area contributed by atoms with Gasteiger partial charge in [0.15, 0.2) is 0 Å². The van der Waals surface area contributed by atoms with Gasteiger partial charge in [-0.05, 0) is 122 Å². The van der Waals surface area contributed by atoms with E-state index in [0.717, 1.165) is 33.9 Å². The Morgan fingerprint density at radius 3 is 1.21 bits per heavy atom. The Bertz CT molecular complexity index is 2400. The molecule has 0 fully saturated rings.